The highest BCUT2D eigenvalue weighted by Gasteiger charge is 2.26. The average molecular weight is 461 g/mol. The summed E-state index contributed by atoms with van der Waals surface area (Å²) in [6, 6.07) is 13.5. The van der Waals surface area contributed by atoms with Gasteiger partial charge in [-0.25, -0.2) is 14.1 Å². The summed E-state index contributed by atoms with van der Waals surface area (Å²) < 4.78 is 20.7. The Morgan fingerprint density at radius 3 is 2.62 bits per heavy atom. The van der Waals surface area contributed by atoms with E-state index in [2.05, 4.69) is 15.3 Å². The molecule has 0 radical (unpaired) electrons. The van der Waals surface area contributed by atoms with Crippen LogP contribution < -0.4 is 15.8 Å². The Morgan fingerprint density at radius 1 is 1.15 bits per heavy atom. The van der Waals surface area contributed by atoms with E-state index >= 15 is 0 Å². The first-order valence-corrected chi connectivity index (χ1v) is 10.7. The Balaban J connectivity index is 1.72. The molecule has 0 aliphatic rings. The van der Waals surface area contributed by atoms with Crippen molar-refractivity contribution in [3.05, 3.63) is 78.0 Å². The summed E-state index contributed by atoms with van der Waals surface area (Å²) in [5.74, 6) is 1.11. The first-order valence-electron chi connectivity index (χ1n) is 10.7. The van der Waals surface area contributed by atoms with E-state index in [-0.39, 0.29) is 6.61 Å². The average Bonchev–Trinajstić information content (AvgIpc) is 3.19. The number of aromatic nitrogens is 4. The summed E-state index contributed by atoms with van der Waals surface area (Å²) in [7, 11) is 0. The molecule has 0 amide bonds. The number of hydrogen-bond donors (Lipinski definition) is 2. The monoisotopic (exact) mass is 460 g/mol. The van der Waals surface area contributed by atoms with Gasteiger partial charge in [-0.15, -0.1) is 0 Å². The zero-order valence-electron chi connectivity index (χ0n) is 19.1. The Bertz CT molecular complexity index is 1300. The highest BCUT2D eigenvalue weighted by molar-refractivity contribution is 5.93. The van der Waals surface area contributed by atoms with Crippen molar-refractivity contribution < 1.29 is 13.9 Å². The number of nitrogen functional groups attached to an aromatic ring is 1. The molecule has 0 saturated heterocycles. The lowest BCUT2D eigenvalue weighted by molar-refractivity contribution is 0.112. The number of rotatable bonds is 7. The lowest BCUT2D eigenvalue weighted by atomic mass is 10.1. The molecule has 9 heteroatoms. The molecule has 0 atom stereocenters. The van der Waals surface area contributed by atoms with Gasteiger partial charge in [0.2, 0.25) is 0 Å². The van der Waals surface area contributed by atoms with Gasteiger partial charge in [0.05, 0.1) is 28.7 Å². The number of carbonyl (C=O) groups excluding carboxylic acids is 1. The molecule has 3 aromatic heterocycles. The van der Waals surface area contributed by atoms with E-state index in [9.17, 15) is 9.18 Å². The van der Waals surface area contributed by atoms with Gasteiger partial charge in [-0.2, -0.15) is 5.10 Å². The molecule has 0 aliphatic heterocycles. The van der Waals surface area contributed by atoms with Crippen LogP contribution in [-0.2, 0) is 12.1 Å². The normalized spacial score (nSPS) is 11.3. The van der Waals surface area contributed by atoms with Gasteiger partial charge < -0.3 is 15.8 Å². The number of benzene rings is 1. The van der Waals surface area contributed by atoms with E-state index in [0.717, 1.165) is 12.5 Å². The molecule has 8 nitrogen and oxygen atoms in total. The van der Waals surface area contributed by atoms with Gasteiger partial charge in [0.1, 0.15) is 35.5 Å². The highest BCUT2D eigenvalue weighted by atomic mass is 19.1. The SMILES string of the molecule is CC(C)(C)n1nc(-c2ccc(N)c(OCc3ccc(F)cn3)c2)c(C=O)c1Nc1ccccn1. The fourth-order valence-corrected chi connectivity index (χ4v) is 3.37. The molecule has 0 aliphatic carbocycles. The van der Waals surface area contributed by atoms with E-state index in [1.54, 1.807) is 35.1 Å². The molecule has 174 valence electrons. The van der Waals surface area contributed by atoms with E-state index in [1.807, 2.05) is 39.0 Å². The van der Waals surface area contributed by atoms with Crippen LogP contribution in [0, 0.1) is 5.82 Å². The van der Waals surface area contributed by atoms with Gasteiger partial charge in [0.15, 0.2) is 6.29 Å². The Labute approximate surface area is 196 Å². The minimum atomic E-state index is -0.422. The Hall–Kier alpha value is -4.27. The fraction of sp³-hybridized carbons (Fsp3) is 0.200. The fourth-order valence-electron chi connectivity index (χ4n) is 3.37. The smallest absolute Gasteiger partial charge is 0.156 e. The number of halogens is 1. The van der Waals surface area contributed by atoms with Crippen LogP contribution in [0.5, 0.6) is 5.75 Å². The van der Waals surface area contributed by atoms with Crippen molar-refractivity contribution in [2.75, 3.05) is 11.1 Å². The van der Waals surface area contributed by atoms with Crippen molar-refractivity contribution in [3.8, 4) is 17.0 Å². The molecule has 0 fully saturated rings. The van der Waals surface area contributed by atoms with Crippen molar-refractivity contribution in [1.29, 1.82) is 0 Å². The molecule has 0 unspecified atom stereocenters. The third-order valence-corrected chi connectivity index (χ3v) is 5.04. The van der Waals surface area contributed by atoms with E-state index < -0.39 is 11.4 Å². The molecule has 1 aromatic carbocycles. The summed E-state index contributed by atoms with van der Waals surface area (Å²) in [4.78, 5) is 20.5. The Kier molecular flexibility index (Phi) is 6.27. The van der Waals surface area contributed by atoms with Crippen LogP contribution in [-0.4, -0.2) is 26.0 Å². The minimum absolute atomic E-state index is 0.109. The Morgan fingerprint density at radius 2 is 1.97 bits per heavy atom. The first-order chi connectivity index (χ1) is 16.3. The molecule has 4 aromatic rings. The molecule has 0 bridgehead atoms. The first kappa shape index (κ1) is 22.9. The molecule has 0 spiro atoms. The predicted octanol–water partition coefficient (Wildman–Crippen LogP) is 4.95. The number of nitrogens with zero attached hydrogens (tertiary/aromatic N) is 4. The second kappa shape index (κ2) is 9.30. The number of anilines is 3. The van der Waals surface area contributed by atoms with Crippen LogP contribution in [0.1, 0.15) is 36.8 Å². The largest absolute Gasteiger partial charge is 0.485 e. The van der Waals surface area contributed by atoms with Gasteiger partial charge in [-0.3, -0.25) is 9.78 Å². The zero-order chi connectivity index (χ0) is 24.3. The van der Waals surface area contributed by atoms with Crippen molar-refractivity contribution in [2.45, 2.75) is 32.9 Å². The van der Waals surface area contributed by atoms with Crippen molar-refractivity contribution in [1.82, 2.24) is 19.7 Å². The predicted molar refractivity (Wildman–Crippen MR) is 129 cm³/mol. The lowest BCUT2D eigenvalue weighted by Gasteiger charge is -2.22. The second-order valence-electron chi connectivity index (χ2n) is 8.66. The summed E-state index contributed by atoms with van der Waals surface area (Å²) in [5, 5.41) is 7.99. The summed E-state index contributed by atoms with van der Waals surface area (Å²) >= 11 is 0. The number of aldehydes is 1. The molecule has 0 saturated carbocycles. The van der Waals surface area contributed by atoms with E-state index in [1.165, 1.54) is 6.07 Å². The maximum atomic E-state index is 13.1. The number of ether oxygens (including phenoxy) is 1. The highest BCUT2D eigenvalue weighted by Crippen LogP contribution is 2.36. The van der Waals surface area contributed by atoms with E-state index in [0.29, 0.717) is 45.6 Å². The summed E-state index contributed by atoms with van der Waals surface area (Å²) in [5.41, 5.74) is 8.18. The van der Waals surface area contributed by atoms with Crippen LogP contribution in [0.2, 0.25) is 0 Å². The molecule has 3 N–H and O–H groups in total. The molecular formula is C25H25FN6O2. The maximum Gasteiger partial charge on any atom is 0.156 e. The number of hydrogen-bond acceptors (Lipinski definition) is 7. The van der Waals surface area contributed by atoms with Crippen LogP contribution in [0.25, 0.3) is 11.3 Å². The number of nitrogens with one attached hydrogen (secondary N) is 1. The van der Waals surface area contributed by atoms with Crippen molar-refractivity contribution in [2.24, 2.45) is 0 Å². The third-order valence-electron chi connectivity index (χ3n) is 5.04. The zero-order valence-corrected chi connectivity index (χ0v) is 19.1. The van der Waals surface area contributed by atoms with Gasteiger partial charge in [-0.05, 0) is 57.2 Å². The second-order valence-corrected chi connectivity index (χ2v) is 8.66. The number of pyridine rings is 2. The third kappa shape index (κ3) is 4.88. The lowest BCUT2D eigenvalue weighted by Crippen LogP contribution is -2.24. The molecule has 34 heavy (non-hydrogen) atoms. The molecule has 4 rings (SSSR count). The van der Waals surface area contributed by atoms with Gasteiger partial charge in [0.25, 0.3) is 0 Å². The number of carbonyl (C=O) groups is 1. The van der Waals surface area contributed by atoms with Crippen LogP contribution in [0.3, 0.4) is 0 Å². The molecule has 3 heterocycles. The summed E-state index contributed by atoms with van der Waals surface area (Å²) in [6.45, 7) is 6.09. The maximum absolute atomic E-state index is 13.1. The van der Waals surface area contributed by atoms with Crippen LogP contribution >= 0.6 is 0 Å². The van der Waals surface area contributed by atoms with Gasteiger partial charge in [-0.1, -0.05) is 12.1 Å². The van der Waals surface area contributed by atoms with E-state index in [4.69, 9.17) is 15.6 Å². The van der Waals surface area contributed by atoms with Gasteiger partial charge >= 0.3 is 0 Å². The number of nitrogens with two attached hydrogens (primary N) is 1. The van der Waals surface area contributed by atoms with Gasteiger partial charge in [0, 0.05) is 11.8 Å². The molecular weight excluding hydrogens is 435 g/mol. The van der Waals surface area contributed by atoms with Crippen LogP contribution in [0.15, 0.2) is 60.9 Å². The van der Waals surface area contributed by atoms with Crippen molar-refractivity contribution in [3.63, 3.8) is 0 Å². The summed E-state index contributed by atoms with van der Waals surface area (Å²) in [6.07, 6.45) is 3.57. The standard InChI is InChI=1S/C25H25FN6O2/c1-25(2,3)32-24(30-22-6-4-5-11-28-22)19(14-33)23(31-32)16-7-10-20(27)21(12-16)34-15-18-9-8-17(26)13-29-18/h4-14H,15,27H2,1-3H3,(H,28,30). The van der Waals surface area contributed by atoms with Crippen molar-refractivity contribution >= 4 is 23.6 Å². The minimum Gasteiger partial charge on any atom is -0.485 e. The topological polar surface area (TPSA) is 108 Å². The quantitative estimate of drug-likeness (QED) is 0.297. The van der Waals surface area contributed by atoms with Crippen LogP contribution in [0.4, 0.5) is 21.7 Å².